The third-order valence-corrected chi connectivity index (χ3v) is 3.21. The minimum absolute atomic E-state index is 0.127. The van der Waals surface area contributed by atoms with Crippen LogP contribution in [0.15, 0.2) is 18.2 Å². The highest BCUT2D eigenvalue weighted by Crippen LogP contribution is 2.33. The fourth-order valence-electron chi connectivity index (χ4n) is 2.36. The topological polar surface area (TPSA) is 0 Å². The minimum Gasteiger partial charge on any atom is -0.207 e. The first-order valence-corrected chi connectivity index (χ1v) is 5.57. The van der Waals surface area contributed by atoms with Crippen LogP contribution in [0.1, 0.15) is 49.1 Å². The smallest absolute Gasteiger partial charge is 0.127 e. The number of benzene rings is 1. The normalized spacial score (nSPS) is 17.3. The maximum absolute atomic E-state index is 13.7. The fourth-order valence-corrected chi connectivity index (χ4v) is 2.36. The Kier molecular flexibility index (Phi) is 3.06. The van der Waals surface area contributed by atoms with Gasteiger partial charge in [0.25, 0.3) is 0 Å². The molecule has 78 valence electrons. The number of rotatable bonds is 1. The summed E-state index contributed by atoms with van der Waals surface area (Å²) >= 11 is 0. The van der Waals surface area contributed by atoms with Gasteiger partial charge in [-0.25, -0.2) is 4.39 Å². The SMILES string of the molecule is C#Cc1ccc(C2CCCCC2)c(F)c1. The molecule has 1 saturated carbocycles. The highest BCUT2D eigenvalue weighted by Gasteiger charge is 2.18. The van der Waals surface area contributed by atoms with Crippen molar-refractivity contribution >= 4 is 0 Å². The Morgan fingerprint density at radius 1 is 1.20 bits per heavy atom. The van der Waals surface area contributed by atoms with Gasteiger partial charge in [0.05, 0.1) is 0 Å². The van der Waals surface area contributed by atoms with Crippen molar-refractivity contribution in [1.29, 1.82) is 0 Å². The molecule has 0 spiro atoms. The van der Waals surface area contributed by atoms with Crippen LogP contribution in [0.25, 0.3) is 0 Å². The molecule has 0 unspecified atom stereocenters. The first-order chi connectivity index (χ1) is 7.31. The van der Waals surface area contributed by atoms with Gasteiger partial charge >= 0.3 is 0 Å². The molecule has 0 amide bonds. The van der Waals surface area contributed by atoms with Crippen molar-refractivity contribution in [2.75, 3.05) is 0 Å². The Labute approximate surface area is 90.5 Å². The number of hydrogen-bond acceptors (Lipinski definition) is 0. The van der Waals surface area contributed by atoms with E-state index in [9.17, 15) is 4.39 Å². The van der Waals surface area contributed by atoms with Crippen LogP contribution in [-0.4, -0.2) is 0 Å². The van der Waals surface area contributed by atoms with Crippen molar-refractivity contribution in [3.63, 3.8) is 0 Å². The predicted molar refractivity (Wildman–Crippen MR) is 60.2 cm³/mol. The highest BCUT2D eigenvalue weighted by molar-refractivity contribution is 5.36. The second kappa shape index (κ2) is 4.49. The summed E-state index contributed by atoms with van der Waals surface area (Å²) in [6.45, 7) is 0. The van der Waals surface area contributed by atoms with Crippen LogP contribution >= 0.6 is 0 Å². The molecule has 0 radical (unpaired) electrons. The first-order valence-electron chi connectivity index (χ1n) is 5.57. The summed E-state index contributed by atoms with van der Waals surface area (Å²) in [4.78, 5) is 0. The van der Waals surface area contributed by atoms with Crippen LogP contribution in [0.3, 0.4) is 0 Å². The zero-order valence-electron chi connectivity index (χ0n) is 8.80. The van der Waals surface area contributed by atoms with Crippen LogP contribution in [0, 0.1) is 18.2 Å². The van der Waals surface area contributed by atoms with E-state index in [4.69, 9.17) is 6.42 Å². The molecule has 1 heteroatoms. The highest BCUT2D eigenvalue weighted by atomic mass is 19.1. The summed E-state index contributed by atoms with van der Waals surface area (Å²) in [6, 6.07) is 5.18. The van der Waals surface area contributed by atoms with Crippen molar-refractivity contribution in [3.05, 3.63) is 35.1 Å². The van der Waals surface area contributed by atoms with Gasteiger partial charge in [-0.1, -0.05) is 31.2 Å². The lowest BCUT2D eigenvalue weighted by Crippen LogP contribution is -2.06. The molecule has 1 aromatic rings. The largest absolute Gasteiger partial charge is 0.207 e. The Balaban J connectivity index is 2.24. The van der Waals surface area contributed by atoms with Gasteiger partial charge in [-0.05, 0) is 36.5 Å². The van der Waals surface area contributed by atoms with E-state index in [1.807, 2.05) is 12.1 Å². The van der Waals surface area contributed by atoms with Gasteiger partial charge in [-0.15, -0.1) is 6.42 Å². The molecule has 1 aliphatic rings. The van der Waals surface area contributed by atoms with E-state index in [-0.39, 0.29) is 5.82 Å². The third kappa shape index (κ3) is 2.21. The van der Waals surface area contributed by atoms with Gasteiger partial charge in [0.2, 0.25) is 0 Å². The van der Waals surface area contributed by atoms with Crippen molar-refractivity contribution in [1.82, 2.24) is 0 Å². The number of halogens is 1. The number of hydrogen-bond donors (Lipinski definition) is 0. The fraction of sp³-hybridized carbons (Fsp3) is 0.429. The van der Waals surface area contributed by atoms with Crippen molar-refractivity contribution in [2.45, 2.75) is 38.0 Å². The molecular weight excluding hydrogens is 187 g/mol. The molecule has 15 heavy (non-hydrogen) atoms. The average Bonchev–Trinajstić information content (AvgIpc) is 2.30. The molecule has 1 fully saturated rings. The Hall–Kier alpha value is -1.29. The lowest BCUT2D eigenvalue weighted by molar-refractivity contribution is 0.429. The van der Waals surface area contributed by atoms with Gasteiger partial charge in [0.15, 0.2) is 0 Å². The summed E-state index contributed by atoms with van der Waals surface area (Å²) in [7, 11) is 0. The summed E-state index contributed by atoms with van der Waals surface area (Å²) in [5, 5.41) is 0. The monoisotopic (exact) mass is 202 g/mol. The zero-order chi connectivity index (χ0) is 10.7. The molecule has 0 N–H and O–H groups in total. The second-order valence-corrected chi connectivity index (χ2v) is 4.22. The Bertz CT molecular complexity index is 381. The molecule has 2 rings (SSSR count). The molecule has 0 bridgehead atoms. The van der Waals surface area contributed by atoms with Gasteiger partial charge in [0, 0.05) is 5.56 Å². The molecule has 0 aliphatic heterocycles. The van der Waals surface area contributed by atoms with Crippen LogP contribution in [0.4, 0.5) is 4.39 Å². The van der Waals surface area contributed by atoms with E-state index in [0.717, 1.165) is 18.4 Å². The van der Waals surface area contributed by atoms with Gasteiger partial charge in [-0.2, -0.15) is 0 Å². The summed E-state index contributed by atoms with van der Waals surface area (Å²) < 4.78 is 13.7. The summed E-state index contributed by atoms with van der Waals surface area (Å²) in [5.41, 5.74) is 1.49. The van der Waals surface area contributed by atoms with Crippen molar-refractivity contribution < 1.29 is 4.39 Å². The molecule has 0 atom stereocenters. The van der Waals surface area contributed by atoms with E-state index in [1.165, 1.54) is 25.3 Å². The van der Waals surface area contributed by atoms with Gasteiger partial charge in [0.1, 0.15) is 5.82 Å². The molecule has 1 aromatic carbocycles. The summed E-state index contributed by atoms with van der Waals surface area (Å²) in [6.07, 6.45) is 11.2. The van der Waals surface area contributed by atoms with E-state index in [1.54, 1.807) is 0 Å². The lowest BCUT2D eigenvalue weighted by atomic mass is 9.83. The van der Waals surface area contributed by atoms with E-state index >= 15 is 0 Å². The van der Waals surface area contributed by atoms with Crippen LogP contribution in [0.2, 0.25) is 0 Å². The summed E-state index contributed by atoms with van der Waals surface area (Å²) in [5.74, 6) is 2.74. The van der Waals surface area contributed by atoms with Crippen LogP contribution in [0.5, 0.6) is 0 Å². The number of terminal acetylenes is 1. The Morgan fingerprint density at radius 2 is 1.93 bits per heavy atom. The molecule has 1 aliphatic carbocycles. The van der Waals surface area contributed by atoms with E-state index in [0.29, 0.717) is 11.5 Å². The maximum Gasteiger partial charge on any atom is 0.127 e. The van der Waals surface area contributed by atoms with E-state index < -0.39 is 0 Å². The predicted octanol–water partition coefficient (Wildman–Crippen LogP) is 3.85. The first kappa shape index (κ1) is 10.2. The minimum atomic E-state index is -0.127. The molecule has 0 nitrogen and oxygen atoms in total. The van der Waals surface area contributed by atoms with E-state index in [2.05, 4.69) is 5.92 Å². The van der Waals surface area contributed by atoms with Gasteiger partial charge in [-0.3, -0.25) is 0 Å². The zero-order valence-corrected chi connectivity index (χ0v) is 8.80. The average molecular weight is 202 g/mol. The molecule has 0 aromatic heterocycles. The van der Waals surface area contributed by atoms with Crippen LogP contribution < -0.4 is 0 Å². The standard InChI is InChI=1S/C14H15F/c1-2-11-8-9-13(14(15)10-11)12-6-4-3-5-7-12/h1,8-10,12H,3-7H2. The van der Waals surface area contributed by atoms with Gasteiger partial charge < -0.3 is 0 Å². The lowest BCUT2D eigenvalue weighted by Gasteiger charge is -2.22. The maximum atomic E-state index is 13.7. The van der Waals surface area contributed by atoms with Crippen LogP contribution in [-0.2, 0) is 0 Å². The molecule has 0 saturated heterocycles. The third-order valence-electron chi connectivity index (χ3n) is 3.21. The van der Waals surface area contributed by atoms with Crippen molar-refractivity contribution in [3.8, 4) is 12.3 Å². The van der Waals surface area contributed by atoms with Crippen molar-refractivity contribution in [2.24, 2.45) is 0 Å². The second-order valence-electron chi connectivity index (χ2n) is 4.22. The molecular formula is C14H15F. The Morgan fingerprint density at radius 3 is 2.53 bits per heavy atom. The quantitative estimate of drug-likeness (QED) is 0.607. The molecule has 0 heterocycles.